The Morgan fingerprint density at radius 3 is 0.650 bits per heavy atom. The maximum Gasteiger partial charge on any atom is 0.119 e. The minimum absolute atomic E-state index is 0.735. The van der Waals surface area contributed by atoms with Crippen LogP contribution in [0.5, 0.6) is 23.0 Å². The molecule has 100 heavy (non-hydrogen) atoms. The summed E-state index contributed by atoms with van der Waals surface area (Å²) in [5.74, 6) is 33.0. The van der Waals surface area contributed by atoms with Gasteiger partial charge in [0.15, 0.2) is 0 Å². The van der Waals surface area contributed by atoms with Crippen LogP contribution in [0.4, 0.5) is 0 Å². The average molecular weight is 1320 g/mol. The molecule has 0 unspecified atom stereocenters. The quantitative estimate of drug-likeness (QED) is 0.0239. The molecule has 12 rings (SSSR count). The topological polar surface area (TPSA) is 36.9 Å². The summed E-state index contributed by atoms with van der Waals surface area (Å²) >= 11 is 0. The molecule has 12 aromatic rings. The van der Waals surface area contributed by atoms with Crippen LogP contribution in [0.1, 0.15) is 226 Å². The smallest absolute Gasteiger partial charge is 0.119 e. The zero-order valence-corrected chi connectivity index (χ0v) is 59.8. The number of ether oxygens (including phenoxy) is 4. The molecule has 0 aromatic heterocycles. The van der Waals surface area contributed by atoms with Crippen molar-refractivity contribution in [2.24, 2.45) is 0 Å². The molecular formula is C96H98O4. The van der Waals surface area contributed by atoms with E-state index in [1.165, 1.54) is 128 Å². The summed E-state index contributed by atoms with van der Waals surface area (Å²) < 4.78 is 25.0. The molecule has 4 heteroatoms. The van der Waals surface area contributed by atoms with E-state index < -0.39 is 0 Å². The molecule has 0 heterocycles. The lowest BCUT2D eigenvalue weighted by Gasteiger charge is -2.16. The number of hydrogen-bond donors (Lipinski definition) is 0. The molecule has 0 aliphatic heterocycles. The summed E-state index contributed by atoms with van der Waals surface area (Å²) in [6.45, 7) is 12.0. The summed E-state index contributed by atoms with van der Waals surface area (Å²) in [6, 6.07) is 64.9. The van der Waals surface area contributed by atoms with Crippen molar-refractivity contribution in [2.75, 3.05) is 26.4 Å². The number of rotatable bonds is 32. The third kappa shape index (κ3) is 18.9. The average Bonchev–Trinajstić information content (AvgIpc) is 0.719. The predicted octanol–water partition coefficient (Wildman–Crippen LogP) is 25.8. The van der Waals surface area contributed by atoms with E-state index in [0.29, 0.717) is 0 Å². The van der Waals surface area contributed by atoms with Crippen molar-refractivity contribution < 1.29 is 18.9 Å². The molecule has 0 spiro atoms. The van der Waals surface area contributed by atoms with Crippen molar-refractivity contribution in [3.63, 3.8) is 0 Å². The molecule has 0 amide bonds. The Bertz CT molecular complexity index is 4400. The highest BCUT2D eigenvalue weighted by Gasteiger charge is 2.18. The summed E-state index contributed by atoms with van der Waals surface area (Å²) in [4.78, 5) is 0. The highest BCUT2D eigenvalue weighted by molar-refractivity contribution is 6.27. The molecule has 0 N–H and O–H groups in total. The number of unbranched alkanes of at least 4 members (excludes halogenated alkanes) is 20. The number of hydrogen-bond acceptors (Lipinski definition) is 4. The first-order chi connectivity index (χ1) is 49.4. The van der Waals surface area contributed by atoms with Gasteiger partial charge < -0.3 is 18.9 Å². The van der Waals surface area contributed by atoms with Crippen LogP contribution in [-0.4, -0.2) is 26.4 Å². The van der Waals surface area contributed by atoms with Gasteiger partial charge in [0.1, 0.15) is 23.0 Å². The lowest BCUT2D eigenvalue weighted by molar-refractivity contribution is 0.304. The monoisotopic (exact) mass is 1310 g/mol. The van der Waals surface area contributed by atoms with Crippen molar-refractivity contribution in [1.29, 1.82) is 0 Å². The summed E-state index contributed by atoms with van der Waals surface area (Å²) in [6.07, 6.45) is 29.7. The van der Waals surface area contributed by atoms with Crippen LogP contribution in [0.2, 0.25) is 0 Å². The van der Waals surface area contributed by atoms with Crippen LogP contribution in [0.3, 0.4) is 0 Å². The van der Waals surface area contributed by atoms with Crippen molar-refractivity contribution in [1.82, 2.24) is 0 Å². The molecule has 0 radical (unpaired) electrons. The SMILES string of the molecule is CCCCCCCCOc1ccc2cc(C#Cc3cc(C#Cc4ccc5cc(OCCCCCCCC)ccc5c4)c4ccc5c(C#Cc6ccc7cc(OCCCCCCCC)ccc7c6)cc(C#Cc6ccc7cc(OCCCCCCCC)ccc7c6)c6ccc3c4c65)ccc2c1. The molecule has 506 valence electrons. The fourth-order valence-electron chi connectivity index (χ4n) is 13.8. The van der Waals surface area contributed by atoms with E-state index in [1.54, 1.807) is 0 Å². The van der Waals surface area contributed by atoms with Gasteiger partial charge in [-0.25, -0.2) is 0 Å². The van der Waals surface area contributed by atoms with E-state index >= 15 is 0 Å². The maximum atomic E-state index is 6.25. The molecule has 0 atom stereocenters. The van der Waals surface area contributed by atoms with Crippen LogP contribution in [-0.2, 0) is 0 Å². The first-order valence-electron chi connectivity index (χ1n) is 37.9. The molecule has 0 saturated carbocycles. The Labute approximate surface area is 595 Å². The van der Waals surface area contributed by atoms with E-state index in [1.807, 2.05) is 0 Å². The van der Waals surface area contributed by atoms with Gasteiger partial charge in [0.05, 0.1) is 26.4 Å². The van der Waals surface area contributed by atoms with Crippen molar-refractivity contribution in [3.8, 4) is 70.4 Å². The van der Waals surface area contributed by atoms with Gasteiger partial charge >= 0.3 is 0 Å². The molecule has 0 aliphatic rings. The van der Waals surface area contributed by atoms with Crippen molar-refractivity contribution >= 4 is 75.4 Å². The zero-order chi connectivity index (χ0) is 68.5. The predicted molar refractivity (Wildman–Crippen MR) is 425 cm³/mol. The second-order valence-electron chi connectivity index (χ2n) is 27.4. The Balaban J connectivity index is 0.919. The third-order valence-corrected chi connectivity index (χ3v) is 19.6. The second kappa shape index (κ2) is 36.3. The van der Waals surface area contributed by atoms with E-state index in [4.69, 9.17) is 18.9 Å². The fourth-order valence-corrected chi connectivity index (χ4v) is 13.8. The van der Waals surface area contributed by atoms with Gasteiger partial charge in [-0.3, -0.25) is 0 Å². The Kier molecular flexibility index (Phi) is 25.4. The van der Waals surface area contributed by atoms with Gasteiger partial charge in [-0.05, 0) is 210 Å². The van der Waals surface area contributed by atoms with Gasteiger partial charge in [0.2, 0.25) is 0 Å². The number of benzene rings is 12. The van der Waals surface area contributed by atoms with Gasteiger partial charge in [-0.2, -0.15) is 0 Å². The van der Waals surface area contributed by atoms with Crippen molar-refractivity contribution in [2.45, 2.75) is 182 Å². The molecular weight excluding hydrogens is 1220 g/mol. The van der Waals surface area contributed by atoms with E-state index in [-0.39, 0.29) is 0 Å². The molecule has 0 saturated heterocycles. The van der Waals surface area contributed by atoms with Gasteiger partial charge in [0, 0.05) is 44.5 Å². The third-order valence-electron chi connectivity index (χ3n) is 19.6. The first kappa shape index (κ1) is 70.0. The molecule has 0 bridgehead atoms. The summed E-state index contributed by atoms with van der Waals surface area (Å²) in [7, 11) is 0. The van der Waals surface area contributed by atoms with E-state index in [9.17, 15) is 0 Å². The van der Waals surface area contributed by atoms with Gasteiger partial charge in [0.25, 0.3) is 0 Å². The van der Waals surface area contributed by atoms with Crippen LogP contribution in [0, 0.1) is 47.4 Å². The number of fused-ring (bicyclic) bond motifs is 4. The Morgan fingerprint density at radius 2 is 0.410 bits per heavy atom. The molecule has 0 aliphatic carbocycles. The van der Waals surface area contributed by atoms with Gasteiger partial charge in [-0.15, -0.1) is 0 Å². The zero-order valence-electron chi connectivity index (χ0n) is 59.8. The molecule has 12 aromatic carbocycles. The highest BCUT2D eigenvalue weighted by atomic mass is 16.5. The lowest BCUT2D eigenvalue weighted by Crippen LogP contribution is -1.97. The minimum Gasteiger partial charge on any atom is -0.494 e. The van der Waals surface area contributed by atoms with Crippen LogP contribution < -0.4 is 18.9 Å². The van der Waals surface area contributed by atoms with E-state index in [2.05, 4.69) is 257 Å². The highest BCUT2D eigenvalue weighted by Crippen LogP contribution is 2.41. The summed E-state index contributed by atoms with van der Waals surface area (Å²) in [5.41, 5.74) is 7.36. The Hall–Kier alpha value is -9.84. The molecule has 0 fully saturated rings. The molecule has 4 nitrogen and oxygen atoms in total. The second-order valence-corrected chi connectivity index (χ2v) is 27.4. The lowest BCUT2D eigenvalue weighted by atomic mass is 9.86. The fraction of sp³-hybridized carbons (Fsp3) is 0.333. The van der Waals surface area contributed by atoms with Crippen LogP contribution in [0.15, 0.2) is 182 Å². The van der Waals surface area contributed by atoms with Crippen molar-refractivity contribution in [3.05, 3.63) is 226 Å². The maximum absolute atomic E-state index is 6.25. The minimum atomic E-state index is 0.735. The van der Waals surface area contributed by atoms with Gasteiger partial charge in [-0.1, -0.05) is 276 Å². The standard InChI is InChI=1S/C96H98O4/c1-5-9-13-17-21-25-57-97-87-49-45-75-61-71(29-37-79(75)67-87)33-41-83-65-84(42-34-72-30-38-80-68-88(50-46-76(80)62-72)98-58-26-22-18-14-10-6-2)92-55-56-94-86(44-36-74-32-40-82-70-90(52-48-78(82)64-74)100-60-28-24-20-16-12-8-4)66-85(93-54-53-91(83)95(92)96(93)94)43-35-73-31-39-81-69-89(51-47-77(81)63-73)99-59-27-23-19-15-11-7-3/h29-32,37-40,45-56,61-70H,5-28,57-60H2,1-4H3. The first-order valence-corrected chi connectivity index (χ1v) is 37.9. The largest absolute Gasteiger partial charge is 0.494 e. The summed E-state index contributed by atoms with van der Waals surface area (Å²) in [5, 5.41) is 15.4. The normalized spacial score (nSPS) is 11.2. The van der Waals surface area contributed by atoms with Crippen LogP contribution in [0.25, 0.3) is 75.4 Å². The van der Waals surface area contributed by atoms with E-state index in [0.717, 1.165) is 195 Å². The van der Waals surface area contributed by atoms with Crippen LogP contribution >= 0.6 is 0 Å². The Morgan fingerprint density at radius 1 is 0.200 bits per heavy atom.